The van der Waals surface area contributed by atoms with Gasteiger partial charge in [0.1, 0.15) is 11.6 Å². The Morgan fingerprint density at radius 1 is 1.08 bits per heavy atom. The molecule has 2 atom stereocenters. The Balaban J connectivity index is 2.01. The maximum absolute atomic E-state index is 13.1. The molecule has 24 heavy (non-hydrogen) atoms. The lowest BCUT2D eigenvalue weighted by Crippen LogP contribution is -2.37. The number of hydrogen-bond acceptors (Lipinski definition) is 2. The lowest BCUT2D eigenvalue weighted by atomic mass is 10.1. The molecule has 0 spiro atoms. The van der Waals surface area contributed by atoms with Crippen LogP contribution in [0, 0.1) is 5.82 Å². The largest absolute Gasteiger partial charge is 0.481 e. The Morgan fingerprint density at radius 2 is 1.79 bits per heavy atom. The molecule has 2 aromatic carbocycles. The first-order valence-electron chi connectivity index (χ1n) is 7.15. The van der Waals surface area contributed by atoms with E-state index < -0.39 is 11.9 Å². The van der Waals surface area contributed by atoms with E-state index in [4.69, 9.17) is 39.5 Å². The van der Waals surface area contributed by atoms with Crippen molar-refractivity contribution in [1.29, 1.82) is 0 Å². The number of halogens is 4. The molecule has 1 amide bonds. The Hall–Kier alpha value is -1.49. The Kier molecular flexibility index (Phi) is 6.33. The SMILES string of the molecule is C[C@H](Oc1ccc(F)c(Cl)c1)C(=O)N[C@@H](C)c1ccc(Cl)cc1Cl. The summed E-state index contributed by atoms with van der Waals surface area (Å²) in [6.45, 7) is 3.39. The average Bonchev–Trinajstić information content (AvgIpc) is 2.50. The smallest absolute Gasteiger partial charge is 0.261 e. The first-order valence-corrected chi connectivity index (χ1v) is 8.28. The molecule has 0 heterocycles. The van der Waals surface area contributed by atoms with Crippen LogP contribution in [-0.4, -0.2) is 12.0 Å². The van der Waals surface area contributed by atoms with Crippen molar-refractivity contribution in [2.24, 2.45) is 0 Å². The predicted octanol–water partition coefficient (Wildman–Crippen LogP) is 5.43. The molecule has 0 saturated heterocycles. The monoisotopic (exact) mass is 389 g/mol. The molecule has 0 fully saturated rings. The highest BCUT2D eigenvalue weighted by Gasteiger charge is 2.19. The van der Waals surface area contributed by atoms with Gasteiger partial charge in [-0.15, -0.1) is 0 Å². The molecule has 7 heteroatoms. The number of ether oxygens (including phenoxy) is 1. The van der Waals surface area contributed by atoms with Gasteiger partial charge < -0.3 is 10.1 Å². The van der Waals surface area contributed by atoms with Crippen LogP contribution in [0.5, 0.6) is 5.75 Å². The number of benzene rings is 2. The Morgan fingerprint density at radius 3 is 2.42 bits per heavy atom. The van der Waals surface area contributed by atoms with Gasteiger partial charge in [0.25, 0.3) is 5.91 Å². The van der Waals surface area contributed by atoms with Gasteiger partial charge in [0.2, 0.25) is 0 Å². The molecule has 0 unspecified atom stereocenters. The minimum atomic E-state index is -0.792. The van der Waals surface area contributed by atoms with Gasteiger partial charge in [0.15, 0.2) is 6.10 Å². The van der Waals surface area contributed by atoms with Gasteiger partial charge in [0.05, 0.1) is 11.1 Å². The normalized spacial score (nSPS) is 13.2. The predicted molar refractivity (Wildman–Crippen MR) is 94.5 cm³/mol. The van der Waals surface area contributed by atoms with Gasteiger partial charge in [-0.3, -0.25) is 4.79 Å². The highest BCUT2D eigenvalue weighted by molar-refractivity contribution is 6.35. The quantitative estimate of drug-likeness (QED) is 0.739. The number of carbonyl (C=O) groups excluding carboxylic acids is 1. The van der Waals surface area contributed by atoms with Gasteiger partial charge in [-0.25, -0.2) is 4.39 Å². The van der Waals surface area contributed by atoms with E-state index >= 15 is 0 Å². The minimum Gasteiger partial charge on any atom is -0.481 e. The lowest BCUT2D eigenvalue weighted by Gasteiger charge is -2.20. The maximum atomic E-state index is 13.1. The van der Waals surface area contributed by atoms with Gasteiger partial charge in [0, 0.05) is 16.1 Å². The fraction of sp³-hybridized carbons (Fsp3) is 0.235. The summed E-state index contributed by atoms with van der Waals surface area (Å²) in [5, 5.41) is 3.72. The molecule has 0 radical (unpaired) electrons. The second kappa shape index (κ2) is 8.06. The molecule has 2 aromatic rings. The zero-order chi connectivity index (χ0) is 17.9. The topological polar surface area (TPSA) is 38.3 Å². The van der Waals surface area contributed by atoms with E-state index in [2.05, 4.69) is 5.32 Å². The molecule has 0 aromatic heterocycles. The summed E-state index contributed by atoms with van der Waals surface area (Å²) in [5.41, 5.74) is 0.742. The fourth-order valence-electron chi connectivity index (χ4n) is 2.07. The zero-order valence-corrected chi connectivity index (χ0v) is 15.2. The summed E-state index contributed by atoms with van der Waals surface area (Å²) < 4.78 is 18.6. The van der Waals surface area contributed by atoms with Gasteiger partial charge in [-0.2, -0.15) is 0 Å². The second-order valence-electron chi connectivity index (χ2n) is 5.23. The van der Waals surface area contributed by atoms with Crippen molar-refractivity contribution in [2.75, 3.05) is 0 Å². The third-order valence-electron chi connectivity index (χ3n) is 3.36. The van der Waals surface area contributed by atoms with Crippen LogP contribution in [0.15, 0.2) is 36.4 Å². The number of carbonyl (C=O) groups is 1. The van der Waals surface area contributed by atoms with Crippen molar-refractivity contribution in [2.45, 2.75) is 26.0 Å². The standard InChI is InChI=1S/C17H15Cl3FNO2/c1-9(13-5-3-11(18)7-14(13)19)22-17(23)10(2)24-12-4-6-16(21)15(20)8-12/h3-10H,1-2H3,(H,22,23)/t9-,10-/m0/s1. The van der Waals surface area contributed by atoms with E-state index in [1.807, 2.05) is 0 Å². The molecule has 1 N–H and O–H groups in total. The van der Waals surface area contributed by atoms with Crippen LogP contribution in [-0.2, 0) is 4.79 Å². The van der Waals surface area contributed by atoms with Crippen LogP contribution in [0.1, 0.15) is 25.5 Å². The fourth-order valence-corrected chi connectivity index (χ4v) is 2.81. The van der Waals surface area contributed by atoms with Crippen LogP contribution in [0.3, 0.4) is 0 Å². The van der Waals surface area contributed by atoms with Crippen molar-refractivity contribution < 1.29 is 13.9 Å². The summed E-state index contributed by atoms with van der Waals surface area (Å²) >= 11 is 17.7. The van der Waals surface area contributed by atoms with E-state index in [9.17, 15) is 9.18 Å². The summed E-state index contributed by atoms with van der Waals surface area (Å²) in [7, 11) is 0. The molecule has 0 aliphatic carbocycles. The van der Waals surface area contributed by atoms with E-state index in [1.165, 1.54) is 18.2 Å². The second-order valence-corrected chi connectivity index (χ2v) is 6.48. The summed E-state index contributed by atoms with van der Waals surface area (Å²) in [5.74, 6) is -0.581. The van der Waals surface area contributed by atoms with Crippen molar-refractivity contribution in [3.05, 3.63) is 62.8 Å². The van der Waals surface area contributed by atoms with Gasteiger partial charge >= 0.3 is 0 Å². The van der Waals surface area contributed by atoms with Gasteiger partial charge in [-0.05, 0) is 43.7 Å². The third kappa shape index (κ3) is 4.76. The lowest BCUT2D eigenvalue weighted by molar-refractivity contribution is -0.127. The first kappa shape index (κ1) is 18.8. The van der Waals surface area contributed by atoms with E-state index in [1.54, 1.807) is 32.0 Å². The molecule has 0 aliphatic rings. The Labute approximate surface area is 154 Å². The molecular formula is C17H15Cl3FNO2. The van der Waals surface area contributed by atoms with Crippen LogP contribution in [0.25, 0.3) is 0 Å². The van der Waals surface area contributed by atoms with Crippen LogP contribution < -0.4 is 10.1 Å². The van der Waals surface area contributed by atoms with Crippen LogP contribution in [0.2, 0.25) is 15.1 Å². The highest BCUT2D eigenvalue weighted by atomic mass is 35.5. The van der Waals surface area contributed by atoms with Crippen LogP contribution >= 0.6 is 34.8 Å². The summed E-state index contributed by atoms with van der Waals surface area (Å²) in [6.07, 6.45) is -0.792. The van der Waals surface area contributed by atoms with E-state index in [0.717, 1.165) is 5.56 Å². The maximum Gasteiger partial charge on any atom is 0.261 e. The van der Waals surface area contributed by atoms with Gasteiger partial charge in [-0.1, -0.05) is 40.9 Å². The summed E-state index contributed by atoms with van der Waals surface area (Å²) in [6, 6.07) is 8.64. The molecule has 0 bridgehead atoms. The molecule has 2 rings (SSSR count). The first-order chi connectivity index (χ1) is 11.3. The molecule has 3 nitrogen and oxygen atoms in total. The third-order valence-corrected chi connectivity index (χ3v) is 4.21. The Bertz CT molecular complexity index is 755. The van der Waals surface area contributed by atoms with Crippen molar-refractivity contribution in [1.82, 2.24) is 5.32 Å². The molecule has 0 saturated carbocycles. The number of nitrogens with one attached hydrogen (secondary N) is 1. The minimum absolute atomic E-state index is 0.0681. The van der Waals surface area contributed by atoms with Crippen molar-refractivity contribution in [3.8, 4) is 5.75 Å². The van der Waals surface area contributed by atoms with E-state index in [-0.39, 0.29) is 17.0 Å². The summed E-state index contributed by atoms with van der Waals surface area (Å²) in [4.78, 5) is 12.2. The number of hydrogen-bond donors (Lipinski definition) is 1. The highest BCUT2D eigenvalue weighted by Crippen LogP contribution is 2.26. The average molecular weight is 391 g/mol. The number of amides is 1. The van der Waals surface area contributed by atoms with Crippen molar-refractivity contribution >= 4 is 40.7 Å². The zero-order valence-electron chi connectivity index (χ0n) is 12.9. The molecular weight excluding hydrogens is 376 g/mol. The molecule has 128 valence electrons. The van der Waals surface area contributed by atoms with Crippen LogP contribution in [0.4, 0.5) is 4.39 Å². The molecule has 0 aliphatic heterocycles. The number of rotatable bonds is 5. The van der Waals surface area contributed by atoms with E-state index in [0.29, 0.717) is 15.8 Å². The van der Waals surface area contributed by atoms with Crippen molar-refractivity contribution in [3.63, 3.8) is 0 Å².